The van der Waals surface area contributed by atoms with Crippen molar-refractivity contribution in [1.82, 2.24) is 0 Å². The molecule has 0 amide bonds. The van der Waals surface area contributed by atoms with Crippen LogP contribution in [0.5, 0.6) is 5.75 Å². The van der Waals surface area contributed by atoms with Crippen molar-refractivity contribution in [1.29, 1.82) is 0 Å². The van der Waals surface area contributed by atoms with Gasteiger partial charge in [0.1, 0.15) is 12.4 Å². The lowest BCUT2D eigenvalue weighted by molar-refractivity contribution is -0.130. The Morgan fingerprint density at radius 2 is 1.54 bits per heavy atom. The standard InChI is InChI=1S/C17H14O3.C5H8O3/c1-12(2)17(19)20-15-10-8-14(9-11-15)16(18)13-6-4-3-5-7-13;1-3-4-8-5(6)7-2/h3-11H,1H2,2H3;3H,1,4H2,2H3. The lowest BCUT2D eigenvalue weighted by Crippen LogP contribution is -2.08. The molecule has 0 aromatic heterocycles. The summed E-state index contributed by atoms with van der Waals surface area (Å²) in [6, 6.07) is 15.5. The molecule has 0 fully saturated rings. The van der Waals surface area contributed by atoms with E-state index in [2.05, 4.69) is 22.6 Å². The summed E-state index contributed by atoms with van der Waals surface area (Å²) in [7, 11) is 1.26. The third-order valence-corrected chi connectivity index (χ3v) is 3.20. The van der Waals surface area contributed by atoms with E-state index in [1.807, 2.05) is 18.2 Å². The molecule has 0 bridgehead atoms. The molecule has 28 heavy (non-hydrogen) atoms. The Morgan fingerprint density at radius 1 is 0.964 bits per heavy atom. The van der Waals surface area contributed by atoms with Crippen LogP contribution in [0.3, 0.4) is 0 Å². The number of ketones is 1. The second-order valence-electron chi connectivity index (χ2n) is 5.44. The maximum Gasteiger partial charge on any atom is 0.508 e. The van der Waals surface area contributed by atoms with Gasteiger partial charge in [0.25, 0.3) is 0 Å². The zero-order valence-corrected chi connectivity index (χ0v) is 15.8. The summed E-state index contributed by atoms with van der Waals surface area (Å²) in [5.74, 6) is -0.155. The van der Waals surface area contributed by atoms with Crippen molar-refractivity contribution in [2.75, 3.05) is 13.7 Å². The smallest absolute Gasteiger partial charge is 0.438 e. The highest BCUT2D eigenvalue weighted by Gasteiger charge is 2.10. The zero-order chi connectivity index (χ0) is 20.9. The van der Waals surface area contributed by atoms with E-state index in [1.54, 1.807) is 43.3 Å². The molecule has 0 unspecified atom stereocenters. The molecule has 2 aromatic carbocycles. The van der Waals surface area contributed by atoms with Crippen molar-refractivity contribution in [2.45, 2.75) is 6.92 Å². The number of carbonyl (C=O) groups excluding carboxylic acids is 3. The average molecular weight is 382 g/mol. The number of ether oxygens (including phenoxy) is 3. The van der Waals surface area contributed by atoms with Crippen LogP contribution in [0.4, 0.5) is 4.79 Å². The summed E-state index contributed by atoms with van der Waals surface area (Å²) < 4.78 is 13.6. The van der Waals surface area contributed by atoms with Gasteiger partial charge in [-0.05, 0) is 31.2 Å². The molecular formula is C22H22O6. The Bertz CT molecular complexity index is 822. The number of benzene rings is 2. The molecule has 0 saturated heterocycles. The summed E-state index contributed by atoms with van der Waals surface area (Å²) in [6.07, 6.45) is 0.793. The van der Waals surface area contributed by atoms with Crippen LogP contribution < -0.4 is 4.74 Å². The van der Waals surface area contributed by atoms with Gasteiger partial charge in [-0.1, -0.05) is 49.6 Å². The third-order valence-electron chi connectivity index (χ3n) is 3.20. The van der Waals surface area contributed by atoms with Gasteiger partial charge in [0, 0.05) is 16.7 Å². The third kappa shape index (κ3) is 7.70. The predicted molar refractivity (Wildman–Crippen MR) is 105 cm³/mol. The number of rotatable bonds is 6. The van der Waals surface area contributed by atoms with Crippen molar-refractivity contribution in [3.63, 3.8) is 0 Å². The molecule has 6 heteroatoms. The van der Waals surface area contributed by atoms with Crippen LogP contribution in [-0.2, 0) is 14.3 Å². The van der Waals surface area contributed by atoms with E-state index in [4.69, 9.17) is 4.74 Å². The van der Waals surface area contributed by atoms with Gasteiger partial charge in [0.2, 0.25) is 0 Å². The van der Waals surface area contributed by atoms with Gasteiger partial charge in [-0.3, -0.25) is 4.79 Å². The first-order valence-electron chi connectivity index (χ1n) is 8.28. The van der Waals surface area contributed by atoms with Gasteiger partial charge in [-0.2, -0.15) is 0 Å². The summed E-state index contributed by atoms with van der Waals surface area (Å²) >= 11 is 0. The molecule has 0 spiro atoms. The van der Waals surface area contributed by atoms with E-state index in [-0.39, 0.29) is 12.4 Å². The molecule has 0 atom stereocenters. The minimum absolute atomic E-state index is 0.0663. The van der Waals surface area contributed by atoms with Crippen LogP contribution in [0.15, 0.2) is 79.4 Å². The topological polar surface area (TPSA) is 78.9 Å². The molecule has 0 aliphatic rings. The Labute approximate surface area is 164 Å². The van der Waals surface area contributed by atoms with Crippen molar-refractivity contribution in [2.24, 2.45) is 0 Å². The molecular weight excluding hydrogens is 360 g/mol. The Morgan fingerprint density at radius 3 is 2.04 bits per heavy atom. The molecule has 2 aromatic rings. The highest BCUT2D eigenvalue weighted by molar-refractivity contribution is 6.09. The van der Waals surface area contributed by atoms with Crippen molar-refractivity contribution in [3.8, 4) is 5.75 Å². The maximum absolute atomic E-state index is 12.2. The van der Waals surface area contributed by atoms with Crippen LogP contribution in [0.25, 0.3) is 0 Å². The minimum atomic E-state index is -0.676. The van der Waals surface area contributed by atoms with Crippen LogP contribution in [0, 0.1) is 0 Å². The van der Waals surface area contributed by atoms with Crippen LogP contribution in [0.2, 0.25) is 0 Å². The summed E-state index contributed by atoms with van der Waals surface area (Å²) in [6.45, 7) is 8.62. The quantitative estimate of drug-likeness (QED) is 0.243. The largest absolute Gasteiger partial charge is 0.508 e. The molecule has 0 heterocycles. The van der Waals surface area contributed by atoms with Gasteiger partial charge in [-0.15, -0.1) is 0 Å². The molecule has 2 rings (SSSR count). The molecule has 0 saturated carbocycles. The van der Waals surface area contributed by atoms with Crippen LogP contribution >= 0.6 is 0 Å². The number of hydrogen-bond acceptors (Lipinski definition) is 6. The summed E-state index contributed by atoms with van der Waals surface area (Å²) in [5.41, 5.74) is 1.50. The Hall–Kier alpha value is -3.67. The fourth-order valence-corrected chi connectivity index (χ4v) is 1.81. The van der Waals surface area contributed by atoms with Crippen LogP contribution in [0.1, 0.15) is 22.8 Å². The maximum atomic E-state index is 12.2. The lowest BCUT2D eigenvalue weighted by Gasteiger charge is -2.05. The summed E-state index contributed by atoms with van der Waals surface area (Å²) in [4.78, 5) is 33.6. The monoisotopic (exact) mass is 382 g/mol. The van der Waals surface area contributed by atoms with Crippen molar-refractivity contribution >= 4 is 17.9 Å². The van der Waals surface area contributed by atoms with E-state index in [1.165, 1.54) is 13.2 Å². The van der Waals surface area contributed by atoms with Gasteiger partial charge in [-0.25, -0.2) is 9.59 Å². The molecule has 0 N–H and O–H groups in total. The van der Waals surface area contributed by atoms with Crippen molar-refractivity contribution < 1.29 is 28.6 Å². The first-order chi connectivity index (χ1) is 13.4. The Balaban J connectivity index is 0.000000416. The molecule has 0 radical (unpaired) electrons. The van der Waals surface area contributed by atoms with E-state index in [0.717, 1.165) is 0 Å². The van der Waals surface area contributed by atoms with Crippen molar-refractivity contribution in [3.05, 3.63) is 90.5 Å². The molecule has 0 aliphatic heterocycles. The predicted octanol–water partition coefficient (Wildman–Crippen LogP) is 4.35. The van der Waals surface area contributed by atoms with E-state index >= 15 is 0 Å². The molecule has 146 valence electrons. The highest BCUT2D eigenvalue weighted by atomic mass is 16.7. The average Bonchev–Trinajstić information content (AvgIpc) is 2.73. The molecule has 6 nitrogen and oxygen atoms in total. The Kier molecular flexibility index (Phi) is 9.47. The molecule has 0 aliphatic carbocycles. The minimum Gasteiger partial charge on any atom is -0.438 e. The van der Waals surface area contributed by atoms with E-state index in [9.17, 15) is 14.4 Å². The second-order valence-corrected chi connectivity index (χ2v) is 5.44. The van der Waals surface area contributed by atoms with Crippen LogP contribution in [-0.4, -0.2) is 31.6 Å². The first-order valence-corrected chi connectivity index (χ1v) is 8.28. The fraction of sp³-hybridized carbons (Fsp3) is 0.136. The second kappa shape index (κ2) is 11.9. The van der Waals surface area contributed by atoms with Gasteiger partial charge >= 0.3 is 12.1 Å². The highest BCUT2D eigenvalue weighted by Crippen LogP contribution is 2.16. The SMILES string of the molecule is C=C(C)C(=O)Oc1ccc(C(=O)c2ccccc2)cc1.C=CCOC(=O)OC. The number of methoxy groups -OCH3 is 1. The summed E-state index contributed by atoms with van der Waals surface area (Å²) in [5, 5.41) is 0. The van der Waals surface area contributed by atoms with Gasteiger partial charge in [0.15, 0.2) is 5.78 Å². The van der Waals surface area contributed by atoms with E-state index < -0.39 is 12.1 Å². The fourth-order valence-electron chi connectivity index (χ4n) is 1.81. The van der Waals surface area contributed by atoms with Gasteiger partial charge in [0.05, 0.1) is 7.11 Å². The normalized spacial score (nSPS) is 9.21. The zero-order valence-electron chi connectivity index (χ0n) is 15.8. The number of hydrogen-bond donors (Lipinski definition) is 0. The van der Waals surface area contributed by atoms with E-state index in [0.29, 0.717) is 22.4 Å². The number of carbonyl (C=O) groups is 3. The first kappa shape index (κ1) is 22.4. The van der Waals surface area contributed by atoms with Gasteiger partial charge < -0.3 is 14.2 Å². The number of esters is 1. The lowest BCUT2D eigenvalue weighted by atomic mass is 10.0.